The Bertz CT molecular complexity index is 451. The Morgan fingerprint density at radius 2 is 2.05 bits per heavy atom. The van der Waals surface area contributed by atoms with E-state index >= 15 is 0 Å². The van der Waals surface area contributed by atoms with E-state index in [-0.39, 0.29) is 0 Å². The van der Waals surface area contributed by atoms with Gasteiger partial charge >= 0.3 is 0 Å². The predicted octanol–water partition coefficient (Wildman–Crippen LogP) is 3.72. The van der Waals surface area contributed by atoms with Crippen LogP contribution < -0.4 is 5.32 Å². The van der Waals surface area contributed by atoms with E-state index in [1.165, 1.54) is 67.2 Å². The average Bonchev–Trinajstić information content (AvgIpc) is 3.06. The molecule has 4 heteroatoms. The lowest BCUT2D eigenvalue weighted by Crippen LogP contribution is -2.33. The first-order valence-corrected chi connectivity index (χ1v) is 9.43. The van der Waals surface area contributed by atoms with E-state index in [0.29, 0.717) is 0 Å². The molecule has 1 aromatic rings. The van der Waals surface area contributed by atoms with Crippen molar-refractivity contribution in [3.63, 3.8) is 0 Å². The molecule has 0 spiro atoms. The van der Waals surface area contributed by atoms with Gasteiger partial charge in [-0.25, -0.2) is 4.98 Å². The minimum absolute atomic E-state index is 0.748. The van der Waals surface area contributed by atoms with E-state index in [1.54, 1.807) is 0 Å². The van der Waals surface area contributed by atoms with Crippen LogP contribution in [0.15, 0.2) is 0 Å². The van der Waals surface area contributed by atoms with Gasteiger partial charge in [-0.3, -0.25) is 4.90 Å². The van der Waals surface area contributed by atoms with Gasteiger partial charge in [0, 0.05) is 24.0 Å². The maximum absolute atomic E-state index is 4.81. The topological polar surface area (TPSA) is 28.2 Å². The van der Waals surface area contributed by atoms with Gasteiger partial charge in [-0.05, 0) is 45.1 Å². The fourth-order valence-electron chi connectivity index (χ4n) is 3.71. The van der Waals surface area contributed by atoms with Crippen molar-refractivity contribution < 1.29 is 0 Å². The zero-order valence-electron chi connectivity index (χ0n) is 13.5. The Labute approximate surface area is 133 Å². The summed E-state index contributed by atoms with van der Waals surface area (Å²) in [4.78, 5) is 8.84. The van der Waals surface area contributed by atoms with Gasteiger partial charge in [0.25, 0.3) is 0 Å². The third-order valence-corrected chi connectivity index (χ3v) is 6.09. The fourth-order valence-corrected chi connectivity index (χ4v) is 4.77. The number of piperidine rings is 1. The number of aromatic nitrogens is 1. The molecule has 0 aromatic carbocycles. The molecule has 118 valence electrons. The van der Waals surface area contributed by atoms with Crippen LogP contribution in [0.5, 0.6) is 0 Å². The largest absolute Gasteiger partial charge is 0.309 e. The van der Waals surface area contributed by atoms with Crippen LogP contribution in [0.1, 0.15) is 61.0 Å². The summed E-state index contributed by atoms with van der Waals surface area (Å²) in [5.74, 6) is 0.850. The summed E-state index contributed by atoms with van der Waals surface area (Å²) in [6.07, 6.45) is 8.26. The Kier molecular flexibility index (Phi) is 5.30. The van der Waals surface area contributed by atoms with Crippen LogP contribution in [-0.2, 0) is 13.1 Å². The number of hydrogen-bond acceptors (Lipinski definition) is 4. The molecular weight excluding hydrogens is 278 g/mol. The molecule has 1 unspecified atom stereocenters. The van der Waals surface area contributed by atoms with Gasteiger partial charge in [0.15, 0.2) is 0 Å². The van der Waals surface area contributed by atoms with E-state index in [1.807, 2.05) is 11.3 Å². The normalized spacial score (nSPS) is 24.8. The Morgan fingerprint density at radius 1 is 1.24 bits per heavy atom. The fraction of sp³-hybridized carbons (Fsp3) is 0.824. The molecule has 0 bridgehead atoms. The molecular formula is C17H29N3S. The quantitative estimate of drug-likeness (QED) is 0.898. The van der Waals surface area contributed by atoms with E-state index in [4.69, 9.17) is 4.98 Å². The highest BCUT2D eigenvalue weighted by molar-refractivity contribution is 7.11. The van der Waals surface area contributed by atoms with Gasteiger partial charge in [-0.15, -0.1) is 11.3 Å². The van der Waals surface area contributed by atoms with Gasteiger partial charge in [-0.2, -0.15) is 0 Å². The Balaban J connectivity index is 1.53. The van der Waals surface area contributed by atoms with Crippen molar-refractivity contribution in [1.82, 2.24) is 15.2 Å². The molecule has 3 rings (SSSR count). The van der Waals surface area contributed by atoms with Crippen LogP contribution in [-0.4, -0.2) is 29.0 Å². The summed E-state index contributed by atoms with van der Waals surface area (Å²) in [7, 11) is 0. The third kappa shape index (κ3) is 4.27. The Morgan fingerprint density at radius 3 is 2.81 bits per heavy atom. The number of rotatable bonds is 5. The van der Waals surface area contributed by atoms with Crippen molar-refractivity contribution in [2.45, 2.75) is 71.5 Å². The second-order valence-corrected chi connectivity index (χ2v) is 8.13. The molecule has 0 amide bonds. The monoisotopic (exact) mass is 307 g/mol. The molecule has 1 saturated carbocycles. The van der Waals surface area contributed by atoms with Crippen molar-refractivity contribution in [3.8, 4) is 0 Å². The number of aryl methyl sites for hydroxylation is 1. The van der Waals surface area contributed by atoms with Crippen molar-refractivity contribution in [3.05, 3.63) is 15.6 Å². The number of thiazole rings is 1. The van der Waals surface area contributed by atoms with Crippen LogP contribution >= 0.6 is 11.3 Å². The van der Waals surface area contributed by atoms with E-state index in [0.717, 1.165) is 25.0 Å². The SMILES string of the molecule is Cc1nc(CN2CCCC(C)C2)sc1CNC1CCCC1. The van der Waals surface area contributed by atoms with Gasteiger partial charge in [0.05, 0.1) is 12.2 Å². The molecule has 2 heterocycles. The maximum Gasteiger partial charge on any atom is 0.107 e. The first kappa shape index (κ1) is 15.4. The highest BCUT2D eigenvalue weighted by atomic mass is 32.1. The molecule has 1 atom stereocenters. The zero-order valence-corrected chi connectivity index (χ0v) is 14.3. The smallest absolute Gasteiger partial charge is 0.107 e. The van der Waals surface area contributed by atoms with Crippen LogP contribution in [0, 0.1) is 12.8 Å². The first-order valence-electron chi connectivity index (χ1n) is 8.61. The first-order chi connectivity index (χ1) is 10.2. The molecule has 2 aliphatic rings. The maximum atomic E-state index is 4.81. The molecule has 1 saturated heterocycles. The number of nitrogens with zero attached hydrogens (tertiary/aromatic N) is 2. The average molecular weight is 308 g/mol. The van der Waals surface area contributed by atoms with Crippen molar-refractivity contribution in [2.75, 3.05) is 13.1 Å². The minimum atomic E-state index is 0.748. The number of nitrogens with one attached hydrogen (secondary N) is 1. The summed E-state index contributed by atoms with van der Waals surface area (Å²) in [6.45, 7) is 9.11. The van der Waals surface area contributed by atoms with Crippen LogP contribution in [0.4, 0.5) is 0 Å². The third-order valence-electron chi connectivity index (χ3n) is 4.94. The summed E-state index contributed by atoms with van der Waals surface area (Å²) < 4.78 is 0. The highest BCUT2D eigenvalue weighted by Gasteiger charge is 2.19. The minimum Gasteiger partial charge on any atom is -0.309 e. The Hall–Kier alpha value is -0.450. The lowest BCUT2D eigenvalue weighted by molar-refractivity contribution is 0.176. The molecule has 1 N–H and O–H groups in total. The molecule has 1 aromatic heterocycles. The molecule has 3 nitrogen and oxygen atoms in total. The second-order valence-electron chi connectivity index (χ2n) is 6.96. The summed E-state index contributed by atoms with van der Waals surface area (Å²) in [5.41, 5.74) is 1.24. The van der Waals surface area contributed by atoms with Crippen molar-refractivity contribution in [1.29, 1.82) is 0 Å². The molecule has 1 aliphatic carbocycles. The van der Waals surface area contributed by atoms with Gasteiger partial charge in [0.1, 0.15) is 5.01 Å². The molecule has 21 heavy (non-hydrogen) atoms. The van der Waals surface area contributed by atoms with E-state index < -0.39 is 0 Å². The molecule has 0 radical (unpaired) electrons. The van der Waals surface area contributed by atoms with Crippen LogP contribution in [0.2, 0.25) is 0 Å². The lowest BCUT2D eigenvalue weighted by atomic mass is 10.0. The lowest BCUT2D eigenvalue weighted by Gasteiger charge is -2.29. The van der Waals surface area contributed by atoms with Gasteiger partial charge in [-0.1, -0.05) is 19.8 Å². The van der Waals surface area contributed by atoms with Crippen LogP contribution in [0.25, 0.3) is 0 Å². The predicted molar refractivity (Wildman–Crippen MR) is 89.6 cm³/mol. The van der Waals surface area contributed by atoms with Crippen molar-refractivity contribution >= 4 is 11.3 Å². The summed E-state index contributed by atoms with van der Waals surface area (Å²) in [6, 6.07) is 0.748. The van der Waals surface area contributed by atoms with E-state index in [9.17, 15) is 0 Å². The van der Waals surface area contributed by atoms with Crippen LogP contribution in [0.3, 0.4) is 0 Å². The zero-order chi connectivity index (χ0) is 14.7. The van der Waals surface area contributed by atoms with E-state index in [2.05, 4.69) is 24.1 Å². The van der Waals surface area contributed by atoms with Gasteiger partial charge in [0.2, 0.25) is 0 Å². The number of hydrogen-bond donors (Lipinski definition) is 1. The van der Waals surface area contributed by atoms with Gasteiger partial charge < -0.3 is 5.32 Å². The standard InChI is InChI=1S/C17H29N3S/c1-13-6-5-9-20(11-13)12-17-19-14(2)16(21-17)10-18-15-7-3-4-8-15/h13,15,18H,3-12H2,1-2H3. The highest BCUT2D eigenvalue weighted by Crippen LogP contribution is 2.24. The second kappa shape index (κ2) is 7.21. The summed E-state index contributed by atoms with van der Waals surface area (Å²) in [5, 5.41) is 5.03. The molecule has 2 fully saturated rings. The molecule has 1 aliphatic heterocycles. The van der Waals surface area contributed by atoms with Crippen molar-refractivity contribution in [2.24, 2.45) is 5.92 Å². The summed E-state index contributed by atoms with van der Waals surface area (Å²) >= 11 is 1.92. The number of likely N-dealkylation sites (tertiary alicyclic amines) is 1.